The van der Waals surface area contributed by atoms with E-state index in [0.29, 0.717) is 6.04 Å². The molecule has 1 aromatic carbocycles. The lowest BCUT2D eigenvalue weighted by atomic mass is 10.0. The predicted molar refractivity (Wildman–Crippen MR) is 89.0 cm³/mol. The normalized spacial score (nSPS) is 18.4. The number of ether oxygens (including phenoxy) is 1. The molecular formula is C17H22N2OS. The van der Waals surface area contributed by atoms with Crippen molar-refractivity contribution in [1.82, 2.24) is 4.90 Å². The Morgan fingerprint density at radius 3 is 3.14 bits per heavy atom. The monoisotopic (exact) mass is 302 g/mol. The molecule has 0 fully saturated rings. The smallest absolute Gasteiger partial charge is 0.121 e. The molecule has 0 spiro atoms. The van der Waals surface area contributed by atoms with Gasteiger partial charge in [0, 0.05) is 35.8 Å². The molecule has 2 N–H and O–H groups in total. The van der Waals surface area contributed by atoms with Gasteiger partial charge in [0.2, 0.25) is 0 Å². The van der Waals surface area contributed by atoms with E-state index in [0.717, 1.165) is 37.6 Å². The standard InChI is InChI=1S/C17H22N2OS/c1-13-16-7-11-21-17(16)6-9-19(13)8-3-10-20-15-5-2-4-14(18)12-15/h2,4-5,7,11-13H,3,6,8-10,18H2,1H3. The number of nitrogen functional groups attached to an aromatic ring is 1. The molecule has 1 unspecified atom stereocenters. The minimum atomic E-state index is 0.535. The molecule has 2 aromatic rings. The second-order valence-electron chi connectivity index (χ2n) is 5.54. The summed E-state index contributed by atoms with van der Waals surface area (Å²) in [5, 5.41) is 2.22. The van der Waals surface area contributed by atoms with E-state index in [1.54, 1.807) is 4.88 Å². The minimum absolute atomic E-state index is 0.535. The van der Waals surface area contributed by atoms with Crippen molar-refractivity contribution in [2.45, 2.75) is 25.8 Å². The molecule has 21 heavy (non-hydrogen) atoms. The van der Waals surface area contributed by atoms with E-state index in [9.17, 15) is 0 Å². The molecule has 1 aromatic heterocycles. The fraction of sp³-hybridized carbons (Fsp3) is 0.412. The number of nitrogens with two attached hydrogens (primary N) is 1. The number of hydrogen-bond donors (Lipinski definition) is 1. The number of anilines is 1. The van der Waals surface area contributed by atoms with Crippen LogP contribution in [0.4, 0.5) is 5.69 Å². The maximum Gasteiger partial charge on any atom is 0.121 e. The summed E-state index contributed by atoms with van der Waals surface area (Å²) in [6.45, 7) is 5.29. The Hall–Kier alpha value is -1.52. The lowest BCUT2D eigenvalue weighted by Crippen LogP contribution is -2.34. The van der Waals surface area contributed by atoms with Gasteiger partial charge in [0.25, 0.3) is 0 Å². The Balaban J connectivity index is 1.46. The third-order valence-electron chi connectivity index (χ3n) is 4.12. The van der Waals surface area contributed by atoms with E-state index in [4.69, 9.17) is 10.5 Å². The SMILES string of the molecule is CC1c2ccsc2CCN1CCCOc1cccc(N)c1. The number of hydrogen-bond acceptors (Lipinski definition) is 4. The number of nitrogens with zero attached hydrogens (tertiary/aromatic N) is 1. The van der Waals surface area contributed by atoms with Crippen molar-refractivity contribution in [2.24, 2.45) is 0 Å². The summed E-state index contributed by atoms with van der Waals surface area (Å²) in [5.41, 5.74) is 8.01. The molecule has 1 atom stereocenters. The molecule has 3 rings (SSSR count). The van der Waals surface area contributed by atoms with E-state index in [2.05, 4.69) is 23.3 Å². The lowest BCUT2D eigenvalue weighted by molar-refractivity contribution is 0.181. The van der Waals surface area contributed by atoms with Crippen LogP contribution in [0.25, 0.3) is 0 Å². The first-order valence-electron chi connectivity index (χ1n) is 7.52. The van der Waals surface area contributed by atoms with Gasteiger partial charge in [0.05, 0.1) is 6.61 Å². The summed E-state index contributed by atoms with van der Waals surface area (Å²) in [6.07, 6.45) is 2.23. The highest BCUT2D eigenvalue weighted by atomic mass is 32.1. The largest absolute Gasteiger partial charge is 0.493 e. The summed E-state index contributed by atoms with van der Waals surface area (Å²) in [7, 11) is 0. The van der Waals surface area contributed by atoms with Crippen molar-refractivity contribution in [1.29, 1.82) is 0 Å². The number of rotatable bonds is 5. The molecule has 0 bridgehead atoms. The molecule has 3 nitrogen and oxygen atoms in total. The van der Waals surface area contributed by atoms with Gasteiger partial charge in [-0.05, 0) is 48.9 Å². The van der Waals surface area contributed by atoms with Crippen LogP contribution in [0.15, 0.2) is 35.7 Å². The van der Waals surface area contributed by atoms with Crippen molar-refractivity contribution in [2.75, 3.05) is 25.4 Å². The molecule has 1 aliphatic heterocycles. The summed E-state index contributed by atoms with van der Waals surface area (Å²) in [6, 6.07) is 10.4. The van der Waals surface area contributed by atoms with Gasteiger partial charge >= 0.3 is 0 Å². The number of fused-ring (bicyclic) bond motifs is 1. The van der Waals surface area contributed by atoms with Crippen LogP contribution in [-0.2, 0) is 6.42 Å². The van der Waals surface area contributed by atoms with Gasteiger partial charge in [-0.25, -0.2) is 0 Å². The highest BCUT2D eigenvalue weighted by Gasteiger charge is 2.23. The molecule has 0 aliphatic carbocycles. The van der Waals surface area contributed by atoms with Crippen molar-refractivity contribution >= 4 is 17.0 Å². The molecule has 112 valence electrons. The fourth-order valence-electron chi connectivity index (χ4n) is 2.93. The Bertz CT molecular complexity index is 596. The zero-order valence-electron chi connectivity index (χ0n) is 12.4. The lowest BCUT2D eigenvalue weighted by Gasteiger charge is -2.33. The van der Waals surface area contributed by atoms with E-state index in [1.807, 2.05) is 35.6 Å². The molecular weight excluding hydrogens is 280 g/mol. The van der Waals surface area contributed by atoms with Crippen LogP contribution in [0.5, 0.6) is 5.75 Å². The predicted octanol–water partition coefficient (Wildman–Crippen LogP) is 3.72. The van der Waals surface area contributed by atoms with Gasteiger partial charge in [-0.3, -0.25) is 4.90 Å². The maximum atomic E-state index is 5.76. The molecule has 4 heteroatoms. The van der Waals surface area contributed by atoms with Gasteiger partial charge in [-0.15, -0.1) is 11.3 Å². The van der Waals surface area contributed by atoms with Crippen LogP contribution in [0.1, 0.15) is 29.8 Å². The van der Waals surface area contributed by atoms with Gasteiger partial charge in [-0.1, -0.05) is 6.07 Å². The number of thiophene rings is 1. The highest BCUT2D eigenvalue weighted by molar-refractivity contribution is 7.10. The Morgan fingerprint density at radius 2 is 2.29 bits per heavy atom. The number of benzene rings is 1. The van der Waals surface area contributed by atoms with Crippen molar-refractivity contribution in [3.05, 3.63) is 46.2 Å². The first-order valence-corrected chi connectivity index (χ1v) is 8.40. The van der Waals surface area contributed by atoms with Crippen molar-refractivity contribution < 1.29 is 4.74 Å². The zero-order valence-corrected chi connectivity index (χ0v) is 13.2. The Morgan fingerprint density at radius 1 is 1.38 bits per heavy atom. The van der Waals surface area contributed by atoms with Crippen LogP contribution in [0.3, 0.4) is 0 Å². The second kappa shape index (κ2) is 6.50. The van der Waals surface area contributed by atoms with Gasteiger partial charge in [0.1, 0.15) is 5.75 Å². The van der Waals surface area contributed by atoms with Gasteiger partial charge in [0.15, 0.2) is 0 Å². The van der Waals surface area contributed by atoms with Gasteiger partial charge < -0.3 is 10.5 Å². The molecule has 0 saturated heterocycles. The van der Waals surface area contributed by atoms with Crippen LogP contribution >= 0.6 is 11.3 Å². The van der Waals surface area contributed by atoms with Crippen LogP contribution in [0, 0.1) is 0 Å². The topological polar surface area (TPSA) is 38.5 Å². The third kappa shape index (κ3) is 3.39. The summed E-state index contributed by atoms with van der Waals surface area (Å²) < 4.78 is 5.76. The van der Waals surface area contributed by atoms with Crippen molar-refractivity contribution in [3.8, 4) is 5.75 Å². The van der Waals surface area contributed by atoms with E-state index >= 15 is 0 Å². The highest BCUT2D eigenvalue weighted by Crippen LogP contribution is 2.32. The average Bonchev–Trinajstić information content (AvgIpc) is 2.95. The molecule has 0 radical (unpaired) electrons. The Kier molecular flexibility index (Phi) is 4.46. The first kappa shape index (κ1) is 14.4. The molecule has 2 heterocycles. The molecule has 0 amide bonds. The average molecular weight is 302 g/mol. The fourth-order valence-corrected chi connectivity index (χ4v) is 3.89. The van der Waals surface area contributed by atoms with Gasteiger partial charge in [-0.2, -0.15) is 0 Å². The minimum Gasteiger partial charge on any atom is -0.493 e. The van der Waals surface area contributed by atoms with E-state index in [-0.39, 0.29) is 0 Å². The quantitative estimate of drug-likeness (QED) is 0.676. The molecule has 0 saturated carbocycles. The summed E-state index contributed by atoms with van der Waals surface area (Å²) in [4.78, 5) is 4.12. The van der Waals surface area contributed by atoms with Crippen LogP contribution in [-0.4, -0.2) is 24.6 Å². The third-order valence-corrected chi connectivity index (χ3v) is 5.12. The zero-order chi connectivity index (χ0) is 14.7. The first-order chi connectivity index (χ1) is 10.2. The van der Waals surface area contributed by atoms with Crippen molar-refractivity contribution in [3.63, 3.8) is 0 Å². The maximum absolute atomic E-state index is 5.76. The Labute approximate surface area is 130 Å². The summed E-state index contributed by atoms with van der Waals surface area (Å²) in [5.74, 6) is 0.863. The summed E-state index contributed by atoms with van der Waals surface area (Å²) >= 11 is 1.89. The van der Waals surface area contributed by atoms with Crippen LogP contribution < -0.4 is 10.5 Å². The van der Waals surface area contributed by atoms with E-state index < -0.39 is 0 Å². The molecule has 1 aliphatic rings. The van der Waals surface area contributed by atoms with Crippen LogP contribution in [0.2, 0.25) is 0 Å². The second-order valence-corrected chi connectivity index (χ2v) is 6.54. The van der Waals surface area contributed by atoms with E-state index in [1.165, 1.54) is 12.0 Å².